The highest BCUT2D eigenvalue weighted by atomic mass is 35.5. The number of primary sulfonamides is 1. The molecule has 116 valence electrons. The third-order valence-corrected chi connectivity index (χ3v) is 5.14. The number of carbonyl (C=O) groups excluding carboxylic acids is 1. The molecule has 1 fully saturated rings. The van der Waals surface area contributed by atoms with E-state index in [1.54, 1.807) is 4.90 Å². The van der Waals surface area contributed by atoms with E-state index in [0.29, 0.717) is 13.1 Å². The Bertz CT molecular complexity index is 661. The SMILES string of the molecule is CC1(C)CCN(C(=O)c2cc(S(N)(=O)=O)ccc2Cl)CC1. The smallest absolute Gasteiger partial charge is 0.255 e. The average Bonchev–Trinajstić information content (AvgIpc) is 2.37. The van der Waals surface area contributed by atoms with Gasteiger partial charge in [0.1, 0.15) is 0 Å². The van der Waals surface area contributed by atoms with E-state index in [0.717, 1.165) is 12.8 Å². The molecule has 0 atom stereocenters. The van der Waals surface area contributed by atoms with Crippen LogP contribution in [0.25, 0.3) is 0 Å². The number of sulfonamides is 1. The van der Waals surface area contributed by atoms with Crippen LogP contribution in [-0.4, -0.2) is 32.3 Å². The summed E-state index contributed by atoms with van der Waals surface area (Å²) in [7, 11) is -3.85. The first-order valence-corrected chi connectivity index (χ1v) is 8.64. The van der Waals surface area contributed by atoms with Crippen LogP contribution in [-0.2, 0) is 10.0 Å². The molecule has 0 saturated carbocycles. The van der Waals surface area contributed by atoms with Crippen molar-refractivity contribution in [3.05, 3.63) is 28.8 Å². The molecule has 1 aromatic carbocycles. The second kappa shape index (κ2) is 5.59. The van der Waals surface area contributed by atoms with Crippen molar-refractivity contribution in [1.29, 1.82) is 0 Å². The maximum Gasteiger partial charge on any atom is 0.255 e. The average molecular weight is 331 g/mol. The summed E-state index contributed by atoms with van der Waals surface area (Å²) in [5.41, 5.74) is 0.408. The van der Waals surface area contributed by atoms with Gasteiger partial charge < -0.3 is 4.90 Å². The van der Waals surface area contributed by atoms with Gasteiger partial charge in [-0.15, -0.1) is 0 Å². The standard InChI is InChI=1S/C14H19ClN2O3S/c1-14(2)5-7-17(8-6-14)13(18)11-9-10(21(16,19)20)3-4-12(11)15/h3-4,9H,5-8H2,1-2H3,(H2,16,19,20). The van der Waals surface area contributed by atoms with Crippen molar-refractivity contribution >= 4 is 27.5 Å². The molecule has 2 N–H and O–H groups in total. The van der Waals surface area contributed by atoms with Gasteiger partial charge in [-0.1, -0.05) is 25.4 Å². The lowest BCUT2D eigenvalue weighted by Gasteiger charge is -2.37. The number of nitrogens with two attached hydrogens (primary N) is 1. The minimum Gasteiger partial charge on any atom is -0.339 e. The van der Waals surface area contributed by atoms with Crippen LogP contribution in [0.15, 0.2) is 23.1 Å². The molecular formula is C14H19ClN2O3S. The predicted octanol–water partition coefficient (Wildman–Crippen LogP) is 2.25. The first-order chi connectivity index (χ1) is 9.60. The Morgan fingerprint density at radius 1 is 1.29 bits per heavy atom. The number of nitrogens with zero attached hydrogens (tertiary/aromatic N) is 1. The Labute approximate surface area is 130 Å². The molecule has 0 aromatic heterocycles. The van der Waals surface area contributed by atoms with E-state index >= 15 is 0 Å². The molecule has 5 nitrogen and oxygen atoms in total. The highest BCUT2D eigenvalue weighted by Crippen LogP contribution is 2.31. The number of benzene rings is 1. The zero-order chi connectivity index (χ0) is 15.8. The largest absolute Gasteiger partial charge is 0.339 e. The van der Waals surface area contributed by atoms with Gasteiger partial charge in [0, 0.05) is 13.1 Å². The molecule has 1 saturated heterocycles. The van der Waals surface area contributed by atoms with E-state index in [2.05, 4.69) is 13.8 Å². The number of hydrogen-bond donors (Lipinski definition) is 1. The van der Waals surface area contributed by atoms with E-state index in [4.69, 9.17) is 16.7 Å². The molecule has 1 aromatic rings. The molecule has 0 unspecified atom stereocenters. The monoisotopic (exact) mass is 330 g/mol. The second-order valence-electron chi connectivity index (χ2n) is 6.14. The van der Waals surface area contributed by atoms with E-state index in [1.165, 1.54) is 18.2 Å². The summed E-state index contributed by atoms with van der Waals surface area (Å²) in [5, 5.41) is 5.33. The van der Waals surface area contributed by atoms with Crippen LogP contribution >= 0.6 is 11.6 Å². The molecule has 1 aliphatic heterocycles. The van der Waals surface area contributed by atoms with Gasteiger partial charge in [-0.05, 0) is 36.5 Å². The van der Waals surface area contributed by atoms with Crippen LogP contribution in [0.1, 0.15) is 37.0 Å². The Kier molecular flexibility index (Phi) is 4.33. The third-order valence-electron chi connectivity index (χ3n) is 3.90. The summed E-state index contributed by atoms with van der Waals surface area (Å²) in [6.45, 7) is 5.62. The minimum absolute atomic E-state index is 0.104. The number of carbonyl (C=O) groups is 1. The zero-order valence-corrected chi connectivity index (χ0v) is 13.7. The van der Waals surface area contributed by atoms with Crippen LogP contribution < -0.4 is 5.14 Å². The van der Waals surface area contributed by atoms with Crippen molar-refractivity contribution in [1.82, 2.24) is 4.90 Å². The molecular weight excluding hydrogens is 312 g/mol. The molecule has 0 spiro atoms. The van der Waals surface area contributed by atoms with Crippen molar-refractivity contribution in [2.24, 2.45) is 10.6 Å². The topological polar surface area (TPSA) is 80.5 Å². The van der Waals surface area contributed by atoms with Gasteiger partial charge in [-0.3, -0.25) is 4.79 Å². The Hall–Kier alpha value is -1.11. The number of halogens is 1. The fraction of sp³-hybridized carbons (Fsp3) is 0.500. The van der Waals surface area contributed by atoms with Crippen LogP contribution in [0.3, 0.4) is 0 Å². The summed E-state index contributed by atoms with van der Waals surface area (Å²) in [4.78, 5) is 14.1. The summed E-state index contributed by atoms with van der Waals surface area (Å²) in [6.07, 6.45) is 1.82. The van der Waals surface area contributed by atoms with Gasteiger partial charge in [0.15, 0.2) is 0 Å². The molecule has 0 aliphatic carbocycles. The highest BCUT2D eigenvalue weighted by molar-refractivity contribution is 7.89. The van der Waals surface area contributed by atoms with Gasteiger partial charge in [0.2, 0.25) is 10.0 Å². The summed E-state index contributed by atoms with van der Waals surface area (Å²) in [5.74, 6) is -0.249. The van der Waals surface area contributed by atoms with Crippen molar-refractivity contribution in [3.8, 4) is 0 Å². The molecule has 0 bridgehead atoms. The molecule has 2 rings (SSSR count). The van der Waals surface area contributed by atoms with Crippen LogP contribution in [0.2, 0.25) is 5.02 Å². The maximum atomic E-state index is 12.5. The maximum absolute atomic E-state index is 12.5. The Morgan fingerprint density at radius 3 is 2.38 bits per heavy atom. The van der Waals surface area contributed by atoms with E-state index in [-0.39, 0.29) is 26.8 Å². The quantitative estimate of drug-likeness (QED) is 0.903. The fourth-order valence-electron chi connectivity index (χ4n) is 2.33. The van der Waals surface area contributed by atoms with Gasteiger partial charge in [-0.2, -0.15) is 0 Å². The third kappa shape index (κ3) is 3.75. The lowest BCUT2D eigenvalue weighted by atomic mass is 9.82. The van der Waals surface area contributed by atoms with Crippen LogP contribution in [0, 0.1) is 5.41 Å². The molecule has 7 heteroatoms. The van der Waals surface area contributed by atoms with E-state index < -0.39 is 10.0 Å². The first kappa shape index (κ1) is 16.3. The highest BCUT2D eigenvalue weighted by Gasteiger charge is 2.29. The second-order valence-corrected chi connectivity index (χ2v) is 8.11. The summed E-state index contributed by atoms with van der Waals surface area (Å²) in [6, 6.07) is 3.94. The zero-order valence-electron chi connectivity index (χ0n) is 12.1. The lowest BCUT2D eigenvalue weighted by Crippen LogP contribution is -2.41. The van der Waals surface area contributed by atoms with Gasteiger partial charge >= 0.3 is 0 Å². The van der Waals surface area contributed by atoms with Crippen molar-refractivity contribution in [3.63, 3.8) is 0 Å². The van der Waals surface area contributed by atoms with Crippen molar-refractivity contribution in [2.75, 3.05) is 13.1 Å². The van der Waals surface area contributed by atoms with Crippen molar-refractivity contribution < 1.29 is 13.2 Å². The van der Waals surface area contributed by atoms with Crippen LogP contribution in [0.5, 0.6) is 0 Å². The van der Waals surface area contributed by atoms with Gasteiger partial charge in [-0.25, -0.2) is 13.6 Å². The molecule has 1 aliphatic rings. The molecule has 1 heterocycles. The van der Waals surface area contributed by atoms with E-state index in [1.807, 2.05) is 0 Å². The number of amides is 1. The fourth-order valence-corrected chi connectivity index (χ4v) is 3.07. The van der Waals surface area contributed by atoms with Crippen molar-refractivity contribution in [2.45, 2.75) is 31.6 Å². The number of hydrogen-bond acceptors (Lipinski definition) is 3. The predicted molar refractivity (Wildman–Crippen MR) is 81.7 cm³/mol. The number of piperidine rings is 1. The minimum atomic E-state index is -3.85. The van der Waals surface area contributed by atoms with Crippen LogP contribution in [0.4, 0.5) is 0 Å². The van der Waals surface area contributed by atoms with Gasteiger partial charge in [0.25, 0.3) is 5.91 Å². The molecule has 1 amide bonds. The number of likely N-dealkylation sites (tertiary alicyclic amines) is 1. The summed E-state index contributed by atoms with van der Waals surface area (Å²) >= 11 is 6.03. The Balaban J connectivity index is 2.28. The normalized spacial score (nSPS) is 18.6. The molecule has 21 heavy (non-hydrogen) atoms. The Morgan fingerprint density at radius 2 is 1.86 bits per heavy atom. The first-order valence-electron chi connectivity index (χ1n) is 6.72. The molecule has 0 radical (unpaired) electrons. The van der Waals surface area contributed by atoms with Gasteiger partial charge in [0.05, 0.1) is 15.5 Å². The summed E-state index contributed by atoms with van der Waals surface area (Å²) < 4.78 is 22.8. The van der Waals surface area contributed by atoms with E-state index in [9.17, 15) is 13.2 Å². The number of rotatable bonds is 2. The lowest BCUT2D eigenvalue weighted by molar-refractivity contribution is 0.0630.